The summed E-state index contributed by atoms with van der Waals surface area (Å²) in [6, 6.07) is 10.1. The zero-order chi connectivity index (χ0) is 14.1. The first-order valence-corrected chi connectivity index (χ1v) is 7.78. The Bertz CT molecular complexity index is 734. The molecule has 1 aromatic carbocycles. The van der Waals surface area contributed by atoms with Crippen molar-refractivity contribution in [3.8, 4) is 11.4 Å². The molecule has 0 spiro atoms. The van der Waals surface area contributed by atoms with Crippen molar-refractivity contribution in [3.05, 3.63) is 42.1 Å². The molecule has 0 unspecified atom stereocenters. The summed E-state index contributed by atoms with van der Waals surface area (Å²) in [7, 11) is 0. The van der Waals surface area contributed by atoms with Gasteiger partial charge in [0.25, 0.3) is 0 Å². The second-order valence-electron chi connectivity index (χ2n) is 4.89. The van der Waals surface area contributed by atoms with Crippen LogP contribution in [0.2, 0.25) is 0 Å². The molecule has 0 saturated heterocycles. The van der Waals surface area contributed by atoms with Crippen molar-refractivity contribution in [1.29, 1.82) is 0 Å². The lowest BCUT2D eigenvalue weighted by molar-refractivity contribution is 0.836. The van der Waals surface area contributed by atoms with Crippen molar-refractivity contribution < 1.29 is 0 Å². The van der Waals surface area contributed by atoms with E-state index >= 15 is 0 Å². The lowest BCUT2D eigenvalue weighted by atomic mass is 10.1. The molecule has 20 heavy (non-hydrogen) atoms. The first kappa shape index (κ1) is 13.1. The molecule has 5 heteroatoms. The van der Waals surface area contributed by atoms with Gasteiger partial charge < -0.3 is 0 Å². The predicted octanol–water partition coefficient (Wildman–Crippen LogP) is 3.64. The van der Waals surface area contributed by atoms with Crippen LogP contribution in [0.25, 0.3) is 17.0 Å². The van der Waals surface area contributed by atoms with Gasteiger partial charge in [-0.25, -0.2) is 9.97 Å². The molecule has 4 nitrogen and oxygen atoms in total. The first-order chi connectivity index (χ1) is 9.70. The monoisotopic (exact) mass is 284 g/mol. The quantitative estimate of drug-likeness (QED) is 0.689. The Kier molecular flexibility index (Phi) is 3.44. The van der Waals surface area contributed by atoms with Gasteiger partial charge >= 0.3 is 0 Å². The van der Waals surface area contributed by atoms with Crippen LogP contribution >= 0.6 is 11.8 Å². The lowest BCUT2D eigenvalue weighted by Gasteiger charge is -2.07. The van der Waals surface area contributed by atoms with Gasteiger partial charge in [-0.3, -0.25) is 0 Å². The largest absolute Gasteiger partial charge is 0.203 e. The zero-order valence-corrected chi connectivity index (χ0v) is 12.6. The maximum absolute atomic E-state index is 4.61. The molecule has 0 bridgehead atoms. The number of hydrogen-bond donors (Lipinski definition) is 0. The number of fused-ring (bicyclic) bond motifs is 1. The highest BCUT2D eigenvalue weighted by molar-refractivity contribution is 7.98. The van der Waals surface area contributed by atoms with Gasteiger partial charge in [-0.05, 0) is 12.2 Å². The first-order valence-electron chi connectivity index (χ1n) is 6.55. The summed E-state index contributed by atoms with van der Waals surface area (Å²) in [5.41, 5.74) is 3.10. The summed E-state index contributed by atoms with van der Waals surface area (Å²) in [6.07, 6.45) is 3.89. The van der Waals surface area contributed by atoms with E-state index in [9.17, 15) is 0 Å². The standard InChI is InChI=1S/C15H16N4S/c1-10(2)12-9-16-19-13(11-7-5-4-6-8-11)17-15(20-3)18-14(12)19/h4-10H,1-3H3. The Morgan fingerprint density at radius 2 is 1.85 bits per heavy atom. The highest BCUT2D eigenvalue weighted by atomic mass is 32.2. The van der Waals surface area contributed by atoms with Gasteiger partial charge in [-0.2, -0.15) is 9.61 Å². The number of nitrogens with zero attached hydrogens (tertiary/aromatic N) is 4. The minimum absolute atomic E-state index is 0.390. The molecule has 0 atom stereocenters. The molecular weight excluding hydrogens is 268 g/mol. The number of benzene rings is 1. The molecule has 0 aliphatic carbocycles. The summed E-state index contributed by atoms with van der Waals surface area (Å²) >= 11 is 1.55. The Balaban J connectivity index is 2.31. The van der Waals surface area contributed by atoms with Gasteiger partial charge in [0.1, 0.15) is 0 Å². The minimum atomic E-state index is 0.390. The van der Waals surface area contributed by atoms with Crippen molar-refractivity contribution in [3.63, 3.8) is 0 Å². The maximum Gasteiger partial charge on any atom is 0.191 e. The van der Waals surface area contributed by atoms with Crippen LogP contribution in [-0.4, -0.2) is 25.8 Å². The fourth-order valence-corrected chi connectivity index (χ4v) is 2.50. The molecule has 0 radical (unpaired) electrons. The normalized spacial score (nSPS) is 11.4. The molecule has 102 valence electrons. The molecule has 0 aliphatic rings. The summed E-state index contributed by atoms with van der Waals surface area (Å²) in [5.74, 6) is 1.23. The average molecular weight is 284 g/mol. The Hall–Kier alpha value is -1.88. The summed E-state index contributed by atoms with van der Waals surface area (Å²) in [4.78, 5) is 9.23. The second-order valence-corrected chi connectivity index (χ2v) is 5.66. The van der Waals surface area contributed by atoms with Crippen molar-refractivity contribution in [2.24, 2.45) is 0 Å². The van der Waals surface area contributed by atoms with Crippen LogP contribution in [0.1, 0.15) is 25.3 Å². The third-order valence-corrected chi connectivity index (χ3v) is 3.76. The molecule has 0 N–H and O–H groups in total. The van der Waals surface area contributed by atoms with Crippen LogP contribution in [0, 0.1) is 0 Å². The lowest BCUT2D eigenvalue weighted by Crippen LogP contribution is -2.02. The Labute approximate surface area is 122 Å². The highest BCUT2D eigenvalue weighted by Gasteiger charge is 2.15. The number of aromatic nitrogens is 4. The predicted molar refractivity (Wildman–Crippen MR) is 82.1 cm³/mol. The third kappa shape index (κ3) is 2.18. The number of thioether (sulfide) groups is 1. The van der Waals surface area contributed by atoms with Crippen LogP contribution in [0.5, 0.6) is 0 Å². The van der Waals surface area contributed by atoms with Gasteiger partial charge in [0.15, 0.2) is 16.6 Å². The van der Waals surface area contributed by atoms with Crippen LogP contribution in [-0.2, 0) is 0 Å². The molecule has 0 fully saturated rings. The van der Waals surface area contributed by atoms with E-state index < -0.39 is 0 Å². The molecule has 0 amide bonds. The van der Waals surface area contributed by atoms with E-state index in [0.29, 0.717) is 5.92 Å². The van der Waals surface area contributed by atoms with E-state index in [-0.39, 0.29) is 0 Å². The Morgan fingerprint density at radius 1 is 1.10 bits per heavy atom. The molecule has 2 aromatic heterocycles. The smallest absolute Gasteiger partial charge is 0.191 e. The summed E-state index contributed by atoms with van der Waals surface area (Å²) < 4.78 is 1.84. The molecule has 0 saturated carbocycles. The molecule has 2 heterocycles. The Morgan fingerprint density at radius 3 is 2.50 bits per heavy atom. The van der Waals surface area contributed by atoms with Crippen molar-refractivity contribution in [2.75, 3.05) is 6.26 Å². The zero-order valence-electron chi connectivity index (χ0n) is 11.7. The second kappa shape index (κ2) is 5.25. The van der Waals surface area contributed by atoms with Gasteiger partial charge in [-0.15, -0.1) is 0 Å². The van der Waals surface area contributed by atoms with E-state index in [1.807, 2.05) is 47.3 Å². The fraction of sp³-hybridized carbons (Fsp3) is 0.267. The SMILES string of the molecule is CSc1nc(-c2ccccc2)n2ncc(C(C)C)c2n1. The van der Waals surface area contributed by atoms with Crippen molar-refractivity contribution in [2.45, 2.75) is 24.9 Å². The summed E-state index contributed by atoms with van der Waals surface area (Å²) in [5, 5.41) is 5.25. The van der Waals surface area contributed by atoms with E-state index in [0.717, 1.165) is 27.8 Å². The van der Waals surface area contributed by atoms with Gasteiger partial charge in [-0.1, -0.05) is 55.9 Å². The van der Waals surface area contributed by atoms with Gasteiger partial charge in [0, 0.05) is 11.1 Å². The third-order valence-electron chi connectivity index (χ3n) is 3.21. The topological polar surface area (TPSA) is 43.1 Å². The molecule has 3 aromatic rings. The molecular formula is C15H16N4S. The molecule has 0 aliphatic heterocycles. The van der Waals surface area contributed by atoms with Crippen LogP contribution in [0.4, 0.5) is 0 Å². The maximum atomic E-state index is 4.61. The van der Waals surface area contributed by atoms with Crippen molar-refractivity contribution in [1.82, 2.24) is 19.6 Å². The van der Waals surface area contributed by atoms with Gasteiger partial charge in [0.2, 0.25) is 0 Å². The van der Waals surface area contributed by atoms with E-state index in [2.05, 4.69) is 28.9 Å². The molecule has 3 rings (SSSR count). The van der Waals surface area contributed by atoms with Gasteiger partial charge in [0.05, 0.1) is 6.20 Å². The summed E-state index contributed by atoms with van der Waals surface area (Å²) in [6.45, 7) is 4.31. The average Bonchev–Trinajstić information content (AvgIpc) is 2.91. The highest BCUT2D eigenvalue weighted by Crippen LogP contribution is 2.25. The van der Waals surface area contributed by atoms with Crippen LogP contribution in [0.15, 0.2) is 41.7 Å². The van der Waals surface area contributed by atoms with E-state index in [1.165, 1.54) is 0 Å². The van der Waals surface area contributed by atoms with Crippen LogP contribution in [0.3, 0.4) is 0 Å². The van der Waals surface area contributed by atoms with E-state index in [4.69, 9.17) is 0 Å². The van der Waals surface area contributed by atoms with Crippen LogP contribution < -0.4 is 0 Å². The van der Waals surface area contributed by atoms with Crippen molar-refractivity contribution >= 4 is 17.4 Å². The fourth-order valence-electron chi connectivity index (χ4n) is 2.15. The minimum Gasteiger partial charge on any atom is -0.203 e. The number of rotatable bonds is 3. The number of hydrogen-bond acceptors (Lipinski definition) is 4. The van der Waals surface area contributed by atoms with E-state index in [1.54, 1.807) is 11.8 Å².